The molecule has 0 spiro atoms. The summed E-state index contributed by atoms with van der Waals surface area (Å²) in [4.78, 5) is 20.6. The van der Waals surface area contributed by atoms with E-state index in [0.29, 0.717) is 21.4 Å². The Hall–Kier alpha value is -2.73. The van der Waals surface area contributed by atoms with Crippen molar-refractivity contribution in [2.24, 2.45) is 4.99 Å². The van der Waals surface area contributed by atoms with Crippen molar-refractivity contribution < 1.29 is 14.6 Å². The van der Waals surface area contributed by atoms with Gasteiger partial charge in [0.05, 0.1) is 17.7 Å². The molecule has 2 aliphatic rings. The van der Waals surface area contributed by atoms with Crippen molar-refractivity contribution in [2.75, 3.05) is 7.11 Å². The molecule has 1 aliphatic heterocycles. The van der Waals surface area contributed by atoms with Crippen LogP contribution in [-0.4, -0.2) is 34.2 Å². The molecule has 0 radical (unpaired) electrons. The first-order valence-corrected chi connectivity index (χ1v) is 11.1. The molecule has 6 heteroatoms. The largest absolute Gasteiger partial charge is 0.504 e. The van der Waals surface area contributed by atoms with Gasteiger partial charge in [0, 0.05) is 11.6 Å². The Balaban J connectivity index is 1.72. The van der Waals surface area contributed by atoms with Crippen molar-refractivity contribution >= 4 is 34.6 Å². The molecule has 5 nitrogen and oxygen atoms in total. The van der Waals surface area contributed by atoms with Crippen molar-refractivity contribution in [3.05, 3.63) is 58.5 Å². The number of phenolic OH excluding ortho intramolecular Hbond substituents is 1. The number of rotatable bonds is 4. The molecular weight excluding hydrogens is 396 g/mol. The van der Waals surface area contributed by atoms with Crippen LogP contribution in [0.5, 0.6) is 11.5 Å². The summed E-state index contributed by atoms with van der Waals surface area (Å²) in [5, 5.41) is 11.2. The maximum atomic E-state index is 13.4. The highest BCUT2D eigenvalue weighted by atomic mass is 32.2. The van der Waals surface area contributed by atoms with Crippen molar-refractivity contribution in [2.45, 2.75) is 45.1 Å². The second kappa shape index (κ2) is 8.96. The molecule has 2 aromatic rings. The number of carbonyl (C=O) groups excluding carboxylic acids is 1. The first-order chi connectivity index (χ1) is 14.6. The monoisotopic (exact) mass is 422 g/mol. The molecule has 1 aliphatic carbocycles. The Morgan fingerprint density at radius 1 is 1.13 bits per heavy atom. The average molecular weight is 423 g/mol. The predicted molar refractivity (Wildman–Crippen MR) is 122 cm³/mol. The van der Waals surface area contributed by atoms with Crippen molar-refractivity contribution in [1.29, 1.82) is 0 Å². The molecule has 1 saturated carbocycles. The van der Waals surface area contributed by atoms with Crippen LogP contribution in [0.3, 0.4) is 0 Å². The SMILES string of the molecule is COc1cccc(/C=C2/SC(=Nc3ccc(C)cc3)N(C3CCCCC3)C2=O)c1O. The van der Waals surface area contributed by atoms with Gasteiger partial charge in [0.2, 0.25) is 0 Å². The van der Waals surface area contributed by atoms with Gasteiger partial charge in [-0.1, -0.05) is 49.1 Å². The van der Waals surface area contributed by atoms with Crippen LogP contribution < -0.4 is 4.74 Å². The molecule has 1 N–H and O–H groups in total. The zero-order valence-electron chi connectivity index (χ0n) is 17.3. The Morgan fingerprint density at radius 3 is 2.57 bits per heavy atom. The van der Waals surface area contributed by atoms with Gasteiger partial charge in [-0.3, -0.25) is 9.69 Å². The summed E-state index contributed by atoms with van der Waals surface area (Å²) in [7, 11) is 1.51. The van der Waals surface area contributed by atoms with Crippen LogP contribution in [0.1, 0.15) is 43.2 Å². The van der Waals surface area contributed by atoms with Crippen molar-refractivity contribution in [3.8, 4) is 11.5 Å². The third-order valence-corrected chi connectivity index (χ3v) is 6.56. The number of aryl methyl sites for hydroxylation is 1. The summed E-state index contributed by atoms with van der Waals surface area (Å²) < 4.78 is 5.20. The summed E-state index contributed by atoms with van der Waals surface area (Å²) in [5.74, 6) is 0.381. The number of para-hydroxylation sites is 1. The van der Waals surface area contributed by atoms with Crippen LogP contribution in [0.4, 0.5) is 5.69 Å². The van der Waals surface area contributed by atoms with E-state index in [0.717, 1.165) is 31.4 Å². The quantitative estimate of drug-likeness (QED) is 0.647. The fourth-order valence-corrected chi connectivity index (χ4v) is 4.97. The van der Waals surface area contributed by atoms with Gasteiger partial charge in [0.1, 0.15) is 0 Å². The van der Waals surface area contributed by atoms with Gasteiger partial charge in [-0.2, -0.15) is 0 Å². The lowest BCUT2D eigenvalue weighted by Crippen LogP contribution is -2.40. The second-order valence-electron chi connectivity index (χ2n) is 7.71. The number of thioether (sulfide) groups is 1. The first-order valence-electron chi connectivity index (χ1n) is 10.3. The Bertz CT molecular complexity index is 992. The molecule has 2 fully saturated rings. The van der Waals surface area contributed by atoms with Crippen molar-refractivity contribution in [3.63, 3.8) is 0 Å². The number of methoxy groups -OCH3 is 1. The number of benzene rings is 2. The van der Waals surface area contributed by atoms with E-state index in [4.69, 9.17) is 9.73 Å². The van der Waals surface area contributed by atoms with Gasteiger partial charge >= 0.3 is 0 Å². The van der Waals surface area contributed by atoms with Gasteiger partial charge in [0.15, 0.2) is 16.7 Å². The molecular formula is C24H26N2O3S. The standard InChI is InChI=1S/C24H26N2O3S/c1-16-11-13-18(14-12-16)25-24-26(19-8-4-3-5-9-19)23(28)21(30-24)15-17-7-6-10-20(29-2)22(17)27/h6-7,10-15,19,27H,3-5,8-9H2,1-2H3/b21-15+,25-24?. The molecule has 30 heavy (non-hydrogen) atoms. The van der Waals surface area contributed by atoms with Crippen LogP contribution in [0.25, 0.3) is 6.08 Å². The maximum absolute atomic E-state index is 13.4. The van der Waals surface area contributed by atoms with Gasteiger partial charge in [0.25, 0.3) is 5.91 Å². The summed E-state index contributed by atoms with van der Waals surface area (Å²) in [6, 6.07) is 13.4. The average Bonchev–Trinajstić information content (AvgIpc) is 3.06. The number of hydrogen-bond acceptors (Lipinski definition) is 5. The number of nitrogens with zero attached hydrogens (tertiary/aromatic N) is 2. The number of hydrogen-bond donors (Lipinski definition) is 1. The van der Waals surface area contributed by atoms with E-state index in [-0.39, 0.29) is 17.7 Å². The van der Waals surface area contributed by atoms with Gasteiger partial charge < -0.3 is 9.84 Å². The van der Waals surface area contributed by atoms with E-state index in [1.165, 1.54) is 30.9 Å². The smallest absolute Gasteiger partial charge is 0.267 e. The molecule has 1 amide bonds. The number of carbonyl (C=O) groups is 1. The van der Waals surface area contributed by atoms with E-state index in [1.54, 1.807) is 24.3 Å². The van der Waals surface area contributed by atoms with E-state index < -0.39 is 0 Å². The fraction of sp³-hybridized carbons (Fsp3) is 0.333. The third kappa shape index (κ3) is 4.24. The first kappa shape index (κ1) is 20.5. The summed E-state index contributed by atoms with van der Waals surface area (Å²) in [5.41, 5.74) is 2.57. The topological polar surface area (TPSA) is 62.1 Å². The third-order valence-electron chi connectivity index (χ3n) is 5.57. The number of ether oxygens (including phenoxy) is 1. The molecule has 1 heterocycles. The molecule has 0 aromatic heterocycles. The minimum Gasteiger partial charge on any atom is -0.504 e. The van der Waals surface area contributed by atoms with Crippen LogP contribution in [0.15, 0.2) is 52.4 Å². The van der Waals surface area contributed by atoms with Gasteiger partial charge in [-0.25, -0.2) is 4.99 Å². The number of aliphatic imine (C=N–C) groups is 1. The van der Waals surface area contributed by atoms with Gasteiger partial charge in [-0.05, 0) is 55.8 Å². The van der Waals surface area contributed by atoms with Crippen LogP contribution >= 0.6 is 11.8 Å². The minimum absolute atomic E-state index is 0.0361. The highest BCUT2D eigenvalue weighted by Gasteiger charge is 2.38. The summed E-state index contributed by atoms with van der Waals surface area (Å²) >= 11 is 1.37. The van der Waals surface area contributed by atoms with Gasteiger partial charge in [-0.15, -0.1) is 0 Å². The lowest BCUT2D eigenvalue weighted by Gasteiger charge is -2.30. The van der Waals surface area contributed by atoms with Crippen LogP contribution in [0, 0.1) is 6.92 Å². The molecule has 2 aromatic carbocycles. The molecule has 0 unspecified atom stereocenters. The van der Waals surface area contributed by atoms with E-state index in [2.05, 4.69) is 0 Å². The normalized spacial score (nSPS) is 20.3. The maximum Gasteiger partial charge on any atom is 0.267 e. The number of amidine groups is 1. The van der Waals surface area contributed by atoms with E-state index in [9.17, 15) is 9.90 Å². The molecule has 156 valence electrons. The predicted octanol–water partition coefficient (Wildman–Crippen LogP) is 5.65. The molecule has 0 bridgehead atoms. The molecule has 0 atom stereocenters. The second-order valence-corrected chi connectivity index (χ2v) is 8.71. The highest BCUT2D eigenvalue weighted by molar-refractivity contribution is 8.18. The van der Waals surface area contributed by atoms with E-state index >= 15 is 0 Å². The molecule has 1 saturated heterocycles. The number of phenols is 1. The van der Waals surface area contributed by atoms with Crippen LogP contribution in [0.2, 0.25) is 0 Å². The van der Waals surface area contributed by atoms with E-state index in [1.807, 2.05) is 36.1 Å². The lowest BCUT2D eigenvalue weighted by atomic mass is 9.94. The van der Waals surface area contributed by atoms with Crippen LogP contribution in [-0.2, 0) is 4.79 Å². The zero-order valence-corrected chi connectivity index (χ0v) is 18.1. The Labute approximate surface area is 181 Å². The lowest BCUT2D eigenvalue weighted by molar-refractivity contribution is -0.124. The highest BCUT2D eigenvalue weighted by Crippen LogP contribution is 2.40. The fourth-order valence-electron chi connectivity index (χ4n) is 3.92. The summed E-state index contributed by atoms with van der Waals surface area (Å²) in [6.45, 7) is 2.04. The zero-order chi connectivity index (χ0) is 21.1. The Kier molecular flexibility index (Phi) is 6.13. The minimum atomic E-state index is -0.0417. The number of aromatic hydroxyl groups is 1. The Morgan fingerprint density at radius 2 is 1.87 bits per heavy atom. The number of amides is 1. The van der Waals surface area contributed by atoms with Crippen molar-refractivity contribution in [1.82, 2.24) is 4.90 Å². The summed E-state index contributed by atoms with van der Waals surface area (Å²) in [6.07, 6.45) is 7.21. The molecule has 4 rings (SSSR count).